The third-order valence-corrected chi connectivity index (χ3v) is 5.37. The SMILES string of the molecule is CCCc1ccc(-c2cc(F)c(/C(F)=C(\F)c3cc(F)c(F)c(F)c3)c(I)c2)cc1. The molecule has 156 valence electrons. The van der Waals surface area contributed by atoms with Crippen LogP contribution in [0.25, 0.3) is 22.8 Å². The number of hydrogen-bond donors (Lipinski definition) is 0. The van der Waals surface area contributed by atoms with Crippen molar-refractivity contribution in [3.05, 3.63) is 92.1 Å². The molecule has 0 aliphatic heterocycles. The number of hydrogen-bond acceptors (Lipinski definition) is 0. The Bertz CT molecular complexity index is 1070. The molecule has 3 aromatic carbocycles. The lowest BCUT2D eigenvalue weighted by atomic mass is 10.00. The lowest BCUT2D eigenvalue weighted by Crippen LogP contribution is -1.97. The topological polar surface area (TPSA) is 0 Å². The van der Waals surface area contributed by atoms with Crippen LogP contribution >= 0.6 is 22.6 Å². The molecule has 0 saturated heterocycles. The molecule has 0 aliphatic rings. The first-order chi connectivity index (χ1) is 14.2. The second-order valence-corrected chi connectivity index (χ2v) is 7.81. The van der Waals surface area contributed by atoms with E-state index in [1.165, 1.54) is 6.07 Å². The highest BCUT2D eigenvalue weighted by molar-refractivity contribution is 14.1. The number of benzene rings is 3. The first kappa shape index (κ1) is 22.4. The zero-order chi connectivity index (χ0) is 22.0. The van der Waals surface area contributed by atoms with E-state index in [0.29, 0.717) is 23.3 Å². The van der Waals surface area contributed by atoms with Gasteiger partial charge in [-0.25, -0.2) is 26.3 Å². The van der Waals surface area contributed by atoms with E-state index in [-0.39, 0.29) is 3.57 Å². The van der Waals surface area contributed by atoms with Gasteiger partial charge in [0.15, 0.2) is 29.1 Å². The lowest BCUT2D eigenvalue weighted by molar-refractivity contribution is 0.446. The van der Waals surface area contributed by atoms with E-state index < -0.39 is 46.0 Å². The Kier molecular flexibility index (Phi) is 6.90. The molecule has 30 heavy (non-hydrogen) atoms. The molecule has 7 heteroatoms. The summed E-state index contributed by atoms with van der Waals surface area (Å²) in [5, 5.41) is 0. The summed E-state index contributed by atoms with van der Waals surface area (Å²) in [6, 6.07) is 10.6. The van der Waals surface area contributed by atoms with Gasteiger partial charge < -0.3 is 0 Å². The van der Waals surface area contributed by atoms with Gasteiger partial charge >= 0.3 is 0 Å². The van der Waals surface area contributed by atoms with Gasteiger partial charge in [0.25, 0.3) is 0 Å². The Morgan fingerprint density at radius 2 is 1.37 bits per heavy atom. The van der Waals surface area contributed by atoms with Crippen LogP contribution in [0.5, 0.6) is 0 Å². The number of rotatable bonds is 5. The summed E-state index contributed by atoms with van der Waals surface area (Å²) in [6.45, 7) is 2.06. The highest BCUT2D eigenvalue weighted by atomic mass is 127. The standard InChI is InChI=1S/C23H15F6I/c1-2-3-12-4-6-13(7-5-12)14-8-16(24)20(19(30)11-14)23(29)21(27)15-9-17(25)22(28)18(26)10-15/h4-11H,2-3H2,1H3/b23-21+. The molecular weight excluding hydrogens is 517 g/mol. The highest BCUT2D eigenvalue weighted by Crippen LogP contribution is 2.36. The van der Waals surface area contributed by atoms with Crippen molar-refractivity contribution in [2.45, 2.75) is 19.8 Å². The van der Waals surface area contributed by atoms with Crippen molar-refractivity contribution in [3.63, 3.8) is 0 Å². The molecule has 0 nitrogen and oxygen atoms in total. The van der Waals surface area contributed by atoms with Gasteiger partial charge in [-0.3, -0.25) is 0 Å². The monoisotopic (exact) mass is 532 g/mol. The van der Waals surface area contributed by atoms with Crippen LogP contribution in [0.4, 0.5) is 26.3 Å². The number of halogens is 7. The second kappa shape index (κ2) is 9.24. The minimum atomic E-state index is -1.80. The Morgan fingerprint density at radius 1 is 0.767 bits per heavy atom. The molecular formula is C23H15F6I. The molecule has 0 fully saturated rings. The Hall–Kier alpha value is -2.29. The summed E-state index contributed by atoms with van der Waals surface area (Å²) in [5.74, 6) is -9.52. The van der Waals surface area contributed by atoms with Crippen LogP contribution in [0.3, 0.4) is 0 Å². The van der Waals surface area contributed by atoms with Crippen LogP contribution < -0.4 is 0 Å². The van der Waals surface area contributed by atoms with Crippen LogP contribution in [-0.2, 0) is 6.42 Å². The van der Waals surface area contributed by atoms with Gasteiger partial charge in [0, 0.05) is 9.13 Å². The molecule has 0 amide bonds. The molecule has 3 rings (SSSR count). The minimum Gasteiger partial charge on any atom is -0.206 e. The average Bonchev–Trinajstić information content (AvgIpc) is 2.71. The molecule has 0 spiro atoms. The average molecular weight is 532 g/mol. The number of aryl methyl sites for hydroxylation is 1. The molecule has 0 N–H and O–H groups in total. The molecule has 0 radical (unpaired) electrons. The molecule has 0 aromatic heterocycles. The fourth-order valence-corrected chi connectivity index (χ4v) is 3.85. The minimum absolute atomic E-state index is 0.0657. The second-order valence-electron chi connectivity index (χ2n) is 6.64. The summed E-state index contributed by atoms with van der Waals surface area (Å²) < 4.78 is 83.7. The van der Waals surface area contributed by atoms with Gasteiger partial charge in [0.2, 0.25) is 0 Å². The quantitative estimate of drug-likeness (QED) is 0.134. The fraction of sp³-hybridized carbons (Fsp3) is 0.130. The highest BCUT2D eigenvalue weighted by Gasteiger charge is 2.22. The maximum Gasteiger partial charge on any atom is 0.194 e. The zero-order valence-electron chi connectivity index (χ0n) is 15.7. The zero-order valence-corrected chi connectivity index (χ0v) is 17.8. The fourth-order valence-electron chi connectivity index (χ4n) is 3.02. The van der Waals surface area contributed by atoms with E-state index in [4.69, 9.17) is 0 Å². The van der Waals surface area contributed by atoms with Crippen LogP contribution in [0.1, 0.15) is 30.0 Å². The van der Waals surface area contributed by atoms with Crippen LogP contribution in [-0.4, -0.2) is 0 Å². The Morgan fingerprint density at radius 3 is 1.90 bits per heavy atom. The lowest BCUT2D eigenvalue weighted by Gasteiger charge is -2.10. The third kappa shape index (κ3) is 4.55. The largest absolute Gasteiger partial charge is 0.206 e. The third-order valence-electron chi connectivity index (χ3n) is 4.52. The van der Waals surface area contributed by atoms with Crippen molar-refractivity contribution in [2.75, 3.05) is 0 Å². The predicted molar refractivity (Wildman–Crippen MR) is 114 cm³/mol. The van der Waals surface area contributed by atoms with E-state index in [2.05, 4.69) is 6.92 Å². The van der Waals surface area contributed by atoms with Crippen molar-refractivity contribution in [1.29, 1.82) is 0 Å². The molecule has 0 aliphatic carbocycles. The predicted octanol–water partition coefficient (Wildman–Crippen LogP) is 8.23. The molecule has 0 unspecified atom stereocenters. The van der Waals surface area contributed by atoms with Gasteiger partial charge in [-0.15, -0.1) is 0 Å². The van der Waals surface area contributed by atoms with Crippen molar-refractivity contribution < 1.29 is 26.3 Å². The van der Waals surface area contributed by atoms with Crippen molar-refractivity contribution in [1.82, 2.24) is 0 Å². The van der Waals surface area contributed by atoms with Crippen molar-refractivity contribution >= 4 is 34.2 Å². The summed E-state index contributed by atoms with van der Waals surface area (Å²) >= 11 is 1.66. The van der Waals surface area contributed by atoms with Gasteiger partial charge in [-0.1, -0.05) is 37.6 Å². The van der Waals surface area contributed by atoms with E-state index in [1.54, 1.807) is 22.6 Å². The van der Waals surface area contributed by atoms with E-state index in [0.717, 1.165) is 24.5 Å². The van der Waals surface area contributed by atoms with E-state index >= 15 is 0 Å². The van der Waals surface area contributed by atoms with Crippen molar-refractivity contribution in [3.8, 4) is 11.1 Å². The molecule has 0 bridgehead atoms. The summed E-state index contributed by atoms with van der Waals surface area (Å²) in [6.07, 6.45) is 1.89. The first-order valence-corrected chi connectivity index (χ1v) is 10.1. The van der Waals surface area contributed by atoms with Gasteiger partial charge in [-0.2, -0.15) is 0 Å². The molecule has 0 atom stereocenters. The van der Waals surface area contributed by atoms with Gasteiger partial charge in [0.1, 0.15) is 5.82 Å². The van der Waals surface area contributed by atoms with E-state index in [1.807, 2.05) is 24.3 Å². The normalized spacial score (nSPS) is 12.1. The summed E-state index contributed by atoms with van der Waals surface area (Å²) in [4.78, 5) is 0. The maximum absolute atomic E-state index is 14.7. The summed E-state index contributed by atoms with van der Waals surface area (Å²) in [7, 11) is 0. The Labute approximate surface area is 183 Å². The molecule has 3 aromatic rings. The molecule has 0 saturated carbocycles. The molecule has 0 heterocycles. The van der Waals surface area contributed by atoms with Gasteiger partial charge in [0.05, 0.1) is 5.56 Å². The first-order valence-electron chi connectivity index (χ1n) is 9.01. The summed E-state index contributed by atoms with van der Waals surface area (Å²) in [5.41, 5.74) is 0.753. The van der Waals surface area contributed by atoms with Crippen LogP contribution in [0.15, 0.2) is 48.5 Å². The van der Waals surface area contributed by atoms with Crippen molar-refractivity contribution in [2.24, 2.45) is 0 Å². The van der Waals surface area contributed by atoms with E-state index in [9.17, 15) is 26.3 Å². The van der Waals surface area contributed by atoms with Gasteiger partial charge in [-0.05, 0) is 70.0 Å². The smallest absolute Gasteiger partial charge is 0.194 e. The van der Waals surface area contributed by atoms with Crippen LogP contribution in [0, 0.1) is 26.8 Å². The maximum atomic E-state index is 14.7. The Balaban J connectivity index is 2.03. The van der Waals surface area contributed by atoms with Crippen LogP contribution in [0.2, 0.25) is 0 Å².